The third kappa shape index (κ3) is 3.34. The molecule has 4 aliphatic rings. The molecule has 5 unspecified atom stereocenters. The highest BCUT2D eigenvalue weighted by atomic mass is 19.1. The highest BCUT2D eigenvalue weighted by molar-refractivity contribution is 5.92. The number of carbonyl (C=O) groups excluding carboxylic acids is 3. The summed E-state index contributed by atoms with van der Waals surface area (Å²) >= 11 is 0. The Morgan fingerprint density at radius 1 is 1.20 bits per heavy atom. The molecule has 0 aromatic carbocycles. The van der Waals surface area contributed by atoms with Gasteiger partial charge in [-0.3, -0.25) is 14.4 Å². The molecule has 2 N–H and O–H groups in total. The van der Waals surface area contributed by atoms with E-state index in [0.29, 0.717) is 0 Å². The lowest BCUT2D eigenvalue weighted by Gasteiger charge is -2.63. The first-order chi connectivity index (χ1) is 15.9. The number of aliphatic hydroxyl groups is 2. The predicted octanol–water partition coefficient (Wildman–Crippen LogP) is 3.66. The number of fused-ring (bicyclic) bond motifs is 5. The summed E-state index contributed by atoms with van der Waals surface area (Å²) in [5, 5.41) is 23.2. The molecule has 0 aliphatic heterocycles. The van der Waals surface area contributed by atoms with E-state index in [4.69, 9.17) is 4.74 Å². The minimum absolute atomic E-state index is 0.0811. The van der Waals surface area contributed by atoms with Gasteiger partial charge in [-0.1, -0.05) is 20.8 Å². The molecule has 3 fully saturated rings. The topological polar surface area (TPSA) is 101 Å². The van der Waals surface area contributed by atoms with Gasteiger partial charge >= 0.3 is 5.97 Å². The van der Waals surface area contributed by atoms with Crippen molar-refractivity contribution in [3.63, 3.8) is 0 Å². The molecule has 3 saturated carbocycles. The first-order valence-electron chi connectivity index (χ1n) is 12.6. The van der Waals surface area contributed by atoms with Crippen LogP contribution in [-0.4, -0.2) is 57.9 Å². The molecule has 0 radical (unpaired) electrons. The van der Waals surface area contributed by atoms with Gasteiger partial charge in [0, 0.05) is 23.2 Å². The molecule has 0 saturated heterocycles. The fraction of sp³-hybridized carbons (Fsp3) is 0.815. The van der Waals surface area contributed by atoms with Gasteiger partial charge in [-0.25, -0.2) is 8.78 Å². The van der Waals surface area contributed by atoms with E-state index < -0.39 is 75.9 Å². The van der Waals surface area contributed by atoms with Crippen molar-refractivity contribution in [3.8, 4) is 0 Å². The summed E-state index contributed by atoms with van der Waals surface area (Å²) in [4.78, 5) is 37.6. The lowest BCUT2D eigenvalue weighted by atomic mass is 9.43. The second kappa shape index (κ2) is 7.91. The Labute approximate surface area is 205 Å². The number of esters is 1. The zero-order chi connectivity index (χ0) is 26.4. The van der Waals surface area contributed by atoms with Crippen LogP contribution >= 0.6 is 0 Å². The molecule has 0 amide bonds. The van der Waals surface area contributed by atoms with E-state index in [9.17, 15) is 24.6 Å². The highest BCUT2D eigenvalue weighted by Crippen LogP contribution is 2.71. The molecule has 4 aliphatic carbocycles. The summed E-state index contributed by atoms with van der Waals surface area (Å²) in [5.74, 6) is -3.63. The standard InChI is InChI=1S/C27H38F2O6/c1-14-9-16-17-11-19(28)18-10-15(30)7-8-24(18,5)26(17,29)20(31)12-25(16,6)27(14,34)21(32)13-35-22(33)23(2,3)4/h10,14,16-17,19-20,31,34H,7-9,11-13H2,1-6H3/t14?,16?,17?,19?,20?,24-,25-,26-,27-/m0/s1. The lowest BCUT2D eigenvalue weighted by Crippen LogP contribution is -2.71. The number of allylic oxidation sites excluding steroid dienone is 1. The molecule has 6 nitrogen and oxygen atoms in total. The monoisotopic (exact) mass is 496 g/mol. The van der Waals surface area contributed by atoms with Gasteiger partial charge in [-0.15, -0.1) is 0 Å². The van der Waals surface area contributed by atoms with Crippen LogP contribution in [0.2, 0.25) is 0 Å². The van der Waals surface area contributed by atoms with Crippen LogP contribution in [-0.2, 0) is 19.1 Å². The van der Waals surface area contributed by atoms with E-state index in [2.05, 4.69) is 0 Å². The van der Waals surface area contributed by atoms with Crippen LogP contribution in [0.1, 0.15) is 73.6 Å². The molecular formula is C27H38F2O6. The van der Waals surface area contributed by atoms with Crippen molar-refractivity contribution < 1.29 is 38.1 Å². The van der Waals surface area contributed by atoms with Crippen LogP contribution in [0.25, 0.3) is 0 Å². The number of hydrogen-bond donors (Lipinski definition) is 2. The second-order valence-corrected chi connectivity index (χ2v) is 12.9. The number of ether oxygens (including phenoxy) is 1. The Morgan fingerprint density at radius 3 is 2.43 bits per heavy atom. The van der Waals surface area contributed by atoms with Crippen molar-refractivity contribution in [1.82, 2.24) is 0 Å². The molecule has 196 valence electrons. The molecular weight excluding hydrogens is 458 g/mol. The second-order valence-electron chi connectivity index (χ2n) is 12.9. The maximum Gasteiger partial charge on any atom is 0.311 e. The summed E-state index contributed by atoms with van der Waals surface area (Å²) in [6, 6.07) is 0. The van der Waals surface area contributed by atoms with E-state index in [1.54, 1.807) is 41.5 Å². The van der Waals surface area contributed by atoms with Crippen LogP contribution in [0.3, 0.4) is 0 Å². The number of halogens is 2. The SMILES string of the molecule is CC1CC2C3CC(F)C4=CC(=O)CC[C@]4(C)[C@@]3(F)C(O)C[C@]2(C)[C@@]1(O)C(=O)COC(=O)C(C)(C)C. The van der Waals surface area contributed by atoms with E-state index in [1.807, 2.05) is 0 Å². The van der Waals surface area contributed by atoms with E-state index in [0.717, 1.165) is 0 Å². The number of Topliss-reactive ketones (excluding diaryl/α,β-unsaturated/α-hetero) is 1. The van der Waals surface area contributed by atoms with Crippen molar-refractivity contribution in [2.75, 3.05) is 6.61 Å². The van der Waals surface area contributed by atoms with E-state index in [-0.39, 0.29) is 43.5 Å². The minimum Gasteiger partial charge on any atom is -0.457 e. The first-order valence-corrected chi connectivity index (χ1v) is 12.6. The summed E-state index contributed by atoms with van der Waals surface area (Å²) in [7, 11) is 0. The van der Waals surface area contributed by atoms with E-state index in [1.165, 1.54) is 6.08 Å². The number of aliphatic hydroxyl groups excluding tert-OH is 1. The lowest BCUT2D eigenvalue weighted by molar-refractivity contribution is -0.233. The van der Waals surface area contributed by atoms with Gasteiger partial charge in [0.25, 0.3) is 0 Å². The zero-order valence-electron chi connectivity index (χ0n) is 21.5. The quantitative estimate of drug-likeness (QED) is 0.579. The van der Waals surface area contributed by atoms with Crippen LogP contribution < -0.4 is 0 Å². The van der Waals surface area contributed by atoms with Gasteiger partial charge in [-0.2, -0.15) is 0 Å². The maximum atomic E-state index is 17.2. The number of carbonyl (C=O) groups is 3. The van der Waals surface area contributed by atoms with Gasteiger partial charge < -0.3 is 14.9 Å². The van der Waals surface area contributed by atoms with Crippen LogP contribution in [0, 0.1) is 34.0 Å². The fourth-order valence-corrected chi connectivity index (χ4v) is 7.95. The Bertz CT molecular complexity index is 987. The number of rotatable bonds is 3. The molecule has 0 heterocycles. The number of hydrogen-bond acceptors (Lipinski definition) is 6. The van der Waals surface area contributed by atoms with Crippen molar-refractivity contribution in [2.24, 2.45) is 34.0 Å². The third-order valence-corrected chi connectivity index (χ3v) is 9.98. The molecule has 8 heteroatoms. The van der Waals surface area contributed by atoms with Crippen molar-refractivity contribution in [2.45, 2.75) is 97.2 Å². The fourth-order valence-electron chi connectivity index (χ4n) is 7.95. The normalized spacial score (nSPS) is 47.3. The summed E-state index contributed by atoms with van der Waals surface area (Å²) in [6.45, 7) is 9.29. The summed E-state index contributed by atoms with van der Waals surface area (Å²) in [5.41, 5.74) is -7.46. The number of alkyl halides is 2. The highest BCUT2D eigenvalue weighted by Gasteiger charge is 2.76. The van der Waals surface area contributed by atoms with Gasteiger partial charge in [0.15, 0.2) is 12.4 Å². The zero-order valence-corrected chi connectivity index (χ0v) is 21.5. The Kier molecular flexibility index (Phi) is 5.97. The van der Waals surface area contributed by atoms with Gasteiger partial charge in [0.05, 0.1) is 11.5 Å². The van der Waals surface area contributed by atoms with Crippen molar-refractivity contribution >= 4 is 17.5 Å². The Hall–Kier alpha value is -1.67. The summed E-state index contributed by atoms with van der Waals surface area (Å²) in [6.07, 6.45) is -1.85. The Balaban J connectivity index is 1.71. The summed E-state index contributed by atoms with van der Waals surface area (Å²) < 4.78 is 37.9. The van der Waals surface area contributed by atoms with Crippen LogP contribution in [0.4, 0.5) is 8.78 Å². The third-order valence-electron chi connectivity index (χ3n) is 9.98. The van der Waals surface area contributed by atoms with Gasteiger partial charge in [0.1, 0.15) is 17.4 Å². The van der Waals surface area contributed by atoms with Crippen LogP contribution in [0.5, 0.6) is 0 Å². The molecule has 0 aromatic rings. The average Bonchev–Trinajstić information content (AvgIpc) is 2.96. The van der Waals surface area contributed by atoms with E-state index >= 15 is 8.78 Å². The molecule has 35 heavy (non-hydrogen) atoms. The van der Waals surface area contributed by atoms with Crippen molar-refractivity contribution in [3.05, 3.63) is 11.6 Å². The van der Waals surface area contributed by atoms with Gasteiger partial charge in [-0.05, 0) is 69.9 Å². The molecule has 4 rings (SSSR count). The van der Waals surface area contributed by atoms with Crippen LogP contribution in [0.15, 0.2) is 11.6 Å². The van der Waals surface area contributed by atoms with Gasteiger partial charge in [0.2, 0.25) is 5.78 Å². The van der Waals surface area contributed by atoms with Crippen molar-refractivity contribution in [1.29, 1.82) is 0 Å². The minimum atomic E-state index is -2.20. The average molecular weight is 497 g/mol. The maximum absolute atomic E-state index is 17.2. The molecule has 9 atom stereocenters. The molecule has 0 spiro atoms. The predicted molar refractivity (Wildman–Crippen MR) is 124 cm³/mol. The Morgan fingerprint density at radius 2 is 1.83 bits per heavy atom. The molecule has 0 bridgehead atoms. The molecule has 0 aromatic heterocycles. The largest absolute Gasteiger partial charge is 0.457 e. The smallest absolute Gasteiger partial charge is 0.311 e. The first kappa shape index (κ1) is 26.4. The number of ketones is 2.